The van der Waals surface area contributed by atoms with Gasteiger partial charge in [0.25, 0.3) is 0 Å². The van der Waals surface area contributed by atoms with Gasteiger partial charge in [-0.1, -0.05) is 13.3 Å². The molecule has 0 aromatic carbocycles. The number of aryl methyl sites for hydroxylation is 1. The van der Waals surface area contributed by atoms with Crippen molar-refractivity contribution in [1.82, 2.24) is 24.1 Å². The third-order valence-electron chi connectivity index (χ3n) is 4.04. The summed E-state index contributed by atoms with van der Waals surface area (Å²) in [6.07, 6.45) is 7.59. The number of nitrogens with zero attached hydrogens (tertiary/aromatic N) is 6. The summed E-state index contributed by atoms with van der Waals surface area (Å²) in [4.78, 5) is 8.76. The van der Waals surface area contributed by atoms with E-state index in [1.807, 2.05) is 28.3 Å². The fourth-order valence-electron chi connectivity index (χ4n) is 2.75. The van der Waals surface area contributed by atoms with E-state index in [4.69, 9.17) is 10.00 Å². The van der Waals surface area contributed by atoms with Crippen molar-refractivity contribution >= 4 is 5.65 Å². The largest absolute Gasteiger partial charge is 0.380 e. The molecule has 7 nitrogen and oxygen atoms in total. The minimum absolute atomic E-state index is 0.149. The van der Waals surface area contributed by atoms with Crippen LogP contribution in [0.4, 0.5) is 0 Å². The topological polar surface area (TPSA) is 81.0 Å². The molecule has 3 heterocycles. The maximum Gasteiger partial charge on any atom is 0.159 e. The highest BCUT2D eigenvalue weighted by atomic mass is 16.5. The highest BCUT2D eigenvalue weighted by molar-refractivity contribution is 5.74. The number of fused-ring (bicyclic) bond motifs is 1. The number of hydrogen-bond donors (Lipinski definition) is 0. The normalized spacial score (nSPS) is 12.4. The second kappa shape index (κ2) is 6.81. The number of rotatable bonds is 6. The number of hydrogen-bond acceptors (Lipinski definition) is 5. The van der Waals surface area contributed by atoms with Gasteiger partial charge in [0.05, 0.1) is 23.9 Å². The van der Waals surface area contributed by atoms with Crippen molar-refractivity contribution in [3.8, 4) is 17.3 Å². The predicted octanol–water partition coefficient (Wildman–Crippen LogP) is 2.59. The molecule has 0 fully saturated rings. The maximum atomic E-state index is 9.09. The molecule has 0 amide bonds. The summed E-state index contributed by atoms with van der Waals surface area (Å²) in [5.74, 6) is 0.782. The lowest BCUT2D eigenvalue weighted by atomic mass is 10.2. The summed E-state index contributed by atoms with van der Waals surface area (Å²) >= 11 is 0. The van der Waals surface area contributed by atoms with E-state index in [1.165, 1.54) is 0 Å². The van der Waals surface area contributed by atoms with Crippen molar-refractivity contribution < 1.29 is 4.74 Å². The van der Waals surface area contributed by atoms with Crippen molar-refractivity contribution in [2.75, 3.05) is 7.11 Å². The molecule has 1 unspecified atom stereocenters. The third-order valence-corrected chi connectivity index (χ3v) is 4.04. The Hall–Kier alpha value is -2.72. The maximum absolute atomic E-state index is 9.09. The van der Waals surface area contributed by atoms with Crippen LogP contribution in [0.5, 0.6) is 0 Å². The molecule has 0 N–H and O–H groups in total. The van der Waals surface area contributed by atoms with Crippen LogP contribution in [0, 0.1) is 18.3 Å². The molecule has 0 spiro atoms. The summed E-state index contributed by atoms with van der Waals surface area (Å²) < 4.78 is 9.19. The van der Waals surface area contributed by atoms with Crippen molar-refractivity contribution in [1.29, 1.82) is 5.26 Å². The van der Waals surface area contributed by atoms with Crippen LogP contribution < -0.4 is 0 Å². The molecular weight excluding hydrogens is 304 g/mol. The quantitative estimate of drug-likeness (QED) is 0.696. The molecule has 1 atom stereocenters. The highest BCUT2D eigenvalue weighted by Crippen LogP contribution is 2.23. The van der Waals surface area contributed by atoms with Gasteiger partial charge in [0.2, 0.25) is 0 Å². The van der Waals surface area contributed by atoms with E-state index in [2.05, 4.69) is 28.1 Å². The van der Waals surface area contributed by atoms with E-state index in [-0.39, 0.29) is 6.10 Å². The van der Waals surface area contributed by atoms with Crippen molar-refractivity contribution in [2.24, 2.45) is 0 Å². The van der Waals surface area contributed by atoms with Gasteiger partial charge >= 0.3 is 0 Å². The summed E-state index contributed by atoms with van der Waals surface area (Å²) in [6, 6.07) is 4.01. The minimum atomic E-state index is 0.149. The second-order valence-electron chi connectivity index (χ2n) is 5.72. The highest BCUT2D eigenvalue weighted by Gasteiger charge is 2.14. The first-order valence-corrected chi connectivity index (χ1v) is 7.97. The van der Waals surface area contributed by atoms with Crippen LogP contribution in [0.15, 0.2) is 24.7 Å². The van der Waals surface area contributed by atoms with Crippen LogP contribution in [0.3, 0.4) is 0 Å². The molecule has 3 aromatic heterocycles. The van der Waals surface area contributed by atoms with Crippen LogP contribution in [-0.2, 0) is 11.3 Å². The van der Waals surface area contributed by atoms with Gasteiger partial charge in [-0.3, -0.25) is 9.08 Å². The van der Waals surface area contributed by atoms with Crippen LogP contribution >= 0.6 is 0 Å². The van der Waals surface area contributed by atoms with E-state index in [0.717, 1.165) is 29.9 Å². The molecule has 7 heteroatoms. The summed E-state index contributed by atoms with van der Waals surface area (Å²) in [5.41, 5.74) is 2.66. The second-order valence-corrected chi connectivity index (χ2v) is 5.72. The monoisotopic (exact) mass is 324 g/mol. The Morgan fingerprint density at radius 1 is 1.42 bits per heavy atom. The molecule has 3 aromatic rings. The molecule has 0 saturated heterocycles. The fourth-order valence-corrected chi connectivity index (χ4v) is 2.75. The molecule has 0 aliphatic carbocycles. The summed E-state index contributed by atoms with van der Waals surface area (Å²) in [5, 5.41) is 13.7. The van der Waals surface area contributed by atoms with E-state index in [0.29, 0.717) is 17.9 Å². The van der Waals surface area contributed by atoms with E-state index in [9.17, 15) is 0 Å². The third kappa shape index (κ3) is 3.01. The SMILES string of the molecule is CCCC(Cn1ccc(-c2cnc(C)n3cc(C#N)nc23)n1)OC. The van der Waals surface area contributed by atoms with Gasteiger partial charge in [0.1, 0.15) is 11.9 Å². The van der Waals surface area contributed by atoms with Crippen LogP contribution in [0.25, 0.3) is 16.9 Å². The zero-order chi connectivity index (χ0) is 17.1. The molecule has 0 saturated carbocycles. The lowest BCUT2D eigenvalue weighted by molar-refractivity contribution is 0.0769. The van der Waals surface area contributed by atoms with E-state index < -0.39 is 0 Å². The molecule has 0 radical (unpaired) electrons. The van der Waals surface area contributed by atoms with Gasteiger partial charge < -0.3 is 4.74 Å². The number of imidazole rings is 1. The Bertz CT molecular complexity index is 888. The Morgan fingerprint density at radius 3 is 2.96 bits per heavy atom. The average Bonchev–Trinajstić information content (AvgIpc) is 3.22. The molecule has 3 rings (SSSR count). The summed E-state index contributed by atoms with van der Waals surface area (Å²) in [6.45, 7) is 4.73. The fraction of sp³-hybridized carbons (Fsp3) is 0.412. The van der Waals surface area contributed by atoms with Gasteiger partial charge in [0.15, 0.2) is 11.3 Å². The minimum Gasteiger partial charge on any atom is -0.380 e. The lowest BCUT2D eigenvalue weighted by Gasteiger charge is -2.14. The first kappa shape index (κ1) is 16.1. The standard InChI is InChI=1S/C17H20N6O/c1-4-5-14(24-3)11-22-7-6-16(21-22)15-9-19-12(2)23-10-13(8-18)20-17(15)23/h6-7,9-10,14H,4-5,11H2,1-3H3. The van der Waals surface area contributed by atoms with Crippen molar-refractivity contribution in [3.63, 3.8) is 0 Å². The van der Waals surface area contributed by atoms with Gasteiger partial charge in [-0.05, 0) is 19.4 Å². The van der Waals surface area contributed by atoms with Crippen LogP contribution in [0.2, 0.25) is 0 Å². The summed E-state index contributed by atoms with van der Waals surface area (Å²) in [7, 11) is 1.73. The predicted molar refractivity (Wildman–Crippen MR) is 89.4 cm³/mol. The smallest absolute Gasteiger partial charge is 0.159 e. The molecule has 0 bridgehead atoms. The van der Waals surface area contributed by atoms with E-state index in [1.54, 1.807) is 19.5 Å². The first-order valence-electron chi connectivity index (χ1n) is 7.97. The van der Waals surface area contributed by atoms with Crippen molar-refractivity contribution in [2.45, 2.75) is 39.3 Å². The Kier molecular flexibility index (Phi) is 4.58. The van der Waals surface area contributed by atoms with Gasteiger partial charge in [-0.15, -0.1) is 0 Å². The Labute approximate surface area is 140 Å². The van der Waals surface area contributed by atoms with Crippen molar-refractivity contribution in [3.05, 3.63) is 36.2 Å². The van der Waals surface area contributed by atoms with Crippen LogP contribution in [0.1, 0.15) is 31.3 Å². The number of ether oxygens (including phenoxy) is 1. The molecular formula is C17H20N6O. The number of methoxy groups -OCH3 is 1. The molecule has 0 aliphatic heterocycles. The number of nitriles is 1. The number of aromatic nitrogens is 5. The van der Waals surface area contributed by atoms with Gasteiger partial charge in [-0.25, -0.2) is 9.97 Å². The van der Waals surface area contributed by atoms with E-state index >= 15 is 0 Å². The Morgan fingerprint density at radius 2 is 2.25 bits per heavy atom. The average molecular weight is 324 g/mol. The zero-order valence-electron chi connectivity index (χ0n) is 14.1. The van der Waals surface area contributed by atoms with Gasteiger partial charge in [-0.2, -0.15) is 10.4 Å². The lowest BCUT2D eigenvalue weighted by Crippen LogP contribution is -2.18. The van der Waals surface area contributed by atoms with Crippen LogP contribution in [-0.4, -0.2) is 37.4 Å². The molecule has 124 valence electrons. The zero-order valence-corrected chi connectivity index (χ0v) is 14.1. The molecule has 0 aliphatic rings. The van der Waals surface area contributed by atoms with Gasteiger partial charge in [0, 0.05) is 25.7 Å². The first-order chi connectivity index (χ1) is 11.7. The Balaban J connectivity index is 1.96. The molecule has 24 heavy (non-hydrogen) atoms.